The van der Waals surface area contributed by atoms with E-state index in [-0.39, 0.29) is 5.91 Å². The van der Waals surface area contributed by atoms with Crippen LogP contribution in [0.15, 0.2) is 48.5 Å². The Morgan fingerprint density at radius 2 is 1.67 bits per heavy atom. The van der Waals surface area contributed by atoms with Crippen molar-refractivity contribution in [2.45, 2.75) is 18.4 Å². The Labute approximate surface area is 131 Å². The number of nitrogens with zero attached hydrogens (tertiary/aromatic N) is 1. The average molecular weight is 299 g/mol. The summed E-state index contributed by atoms with van der Waals surface area (Å²) in [5, 5.41) is 0. The molecule has 0 fully saturated rings. The maximum Gasteiger partial charge on any atom is 0.253 e. The van der Waals surface area contributed by atoms with Gasteiger partial charge in [-0.05, 0) is 35.7 Å². The molecule has 110 valence electrons. The largest absolute Gasteiger partial charge is 0.345 e. The maximum absolute atomic E-state index is 11.8. The Morgan fingerprint density at radius 3 is 2.29 bits per heavy atom. The highest BCUT2D eigenvalue weighted by Gasteiger charge is 2.07. The van der Waals surface area contributed by atoms with Gasteiger partial charge in [0.05, 0.1) is 0 Å². The van der Waals surface area contributed by atoms with Crippen molar-refractivity contribution in [2.24, 2.45) is 0 Å². The van der Waals surface area contributed by atoms with Crippen LogP contribution in [0.5, 0.6) is 0 Å². The van der Waals surface area contributed by atoms with Crippen LogP contribution in [-0.2, 0) is 11.5 Å². The molecular weight excluding hydrogens is 278 g/mol. The van der Waals surface area contributed by atoms with E-state index < -0.39 is 0 Å². The van der Waals surface area contributed by atoms with Crippen LogP contribution in [0.3, 0.4) is 0 Å². The van der Waals surface area contributed by atoms with Crippen LogP contribution in [-0.4, -0.2) is 24.9 Å². The highest BCUT2D eigenvalue weighted by atomic mass is 32.2. The molecule has 1 amide bonds. The van der Waals surface area contributed by atoms with Crippen LogP contribution in [0.25, 0.3) is 0 Å². The van der Waals surface area contributed by atoms with Gasteiger partial charge in [-0.1, -0.05) is 36.4 Å². The summed E-state index contributed by atoms with van der Waals surface area (Å²) in [4.78, 5) is 13.4. The molecule has 0 aliphatic rings. The molecule has 2 nitrogen and oxygen atoms in total. The fraction of sp³-hybridized carbons (Fsp3) is 0.278. The van der Waals surface area contributed by atoms with Crippen molar-refractivity contribution in [3.8, 4) is 0 Å². The van der Waals surface area contributed by atoms with Gasteiger partial charge in [-0.15, -0.1) is 0 Å². The van der Waals surface area contributed by atoms with E-state index in [0.29, 0.717) is 0 Å². The molecule has 0 saturated heterocycles. The first-order valence-corrected chi connectivity index (χ1v) is 8.16. The minimum atomic E-state index is 0.0501. The summed E-state index contributed by atoms with van der Waals surface area (Å²) >= 11 is 1.90. The molecule has 3 heteroatoms. The molecule has 2 rings (SSSR count). The fourth-order valence-electron chi connectivity index (χ4n) is 2.05. The van der Waals surface area contributed by atoms with Crippen molar-refractivity contribution in [2.75, 3.05) is 14.1 Å². The lowest BCUT2D eigenvalue weighted by Gasteiger charge is -2.10. The van der Waals surface area contributed by atoms with Crippen LogP contribution in [0.2, 0.25) is 0 Å². The zero-order chi connectivity index (χ0) is 15.2. The van der Waals surface area contributed by atoms with Crippen molar-refractivity contribution in [1.29, 1.82) is 0 Å². The van der Waals surface area contributed by atoms with Crippen molar-refractivity contribution in [3.05, 3.63) is 70.8 Å². The normalized spacial score (nSPS) is 10.4. The lowest BCUT2D eigenvalue weighted by molar-refractivity contribution is 0.0827. The third kappa shape index (κ3) is 4.36. The number of amides is 1. The standard InChI is InChI=1S/C18H21NOS/c1-14-6-4-5-7-17(14)13-21-12-15-8-10-16(11-9-15)18(20)19(2)3/h4-11H,12-13H2,1-3H3. The molecule has 0 bridgehead atoms. The molecule has 0 unspecified atom stereocenters. The van der Waals surface area contributed by atoms with Gasteiger partial charge in [0, 0.05) is 31.2 Å². The van der Waals surface area contributed by atoms with Crippen LogP contribution >= 0.6 is 11.8 Å². The SMILES string of the molecule is Cc1ccccc1CSCc1ccc(C(=O)N(C)C)cc1. The Bertz CT molecular complexity index is 605. The van der Waals surface area contributed by atoms with E-state index in [4.69, 9.17) is 0 Å². The van der Waals surface area contributed by atoms with Gasteiger partial charge >= 0.3 is 0 Å². The summed E-state index contributed by atoms with van der Waals surface area (Å²) in [6, 6.07) is 16.4. The third-order valence-electron chi connectivity index (χ3n) is 3.39. The molecule has 0 aromatic heterocycles. The number of hydrogen-bond acceptors (Lipinski definition) is 2. The van der Waals surface area contributed by atoms with Gasteiger partial charge in [0.15, 0.2) is 0 Å². The summed E-state index contributed by atoms with van der Waals surface area (Å²) in [6.07, 6.45) is 0. The van der Waals surface area contributed by atoms with E-state index >= 15 is 0 Å². The molecule has 21 heavy (non-hydrogen) atoms. The van der Waals surface area contributed by atoms with Crippen molar-refractivity contribution in [3.63, 3.8) is 0 Å². The smallest absolute Gasteiger partial charge is 0.253 e. The molecule has 2 aromatic carbocycles. The zero-order valence-electron chi connectivity index (χ0n) is 12.8. The molecule has 0 radical (unpaired) electrons. The zero-order valence-corrected chi connectivity index (χ0v) is 13.6. The number of aryl methyl sites for hydroxylation is 1. The summed E-state index contributed by atoms with van der Waals surface area (Å²) in [6.45, 7) is 2.15. The molecule has 2 aromatic rings. The molecule has 0 aliphatic carbocycles. The van der Waals surface area contributed by atoms with E-state index in [9.17, 15) is 4.79 Å². The summed E-state index contributed by atoms with van der Waals surface area (Å²) < 4.78 is 0. The van der Waals surface area contributed by atoms with Crippen LogP contribution in [0, 0.1) is 6.92 Å². The highest BCUT2D eigenvalue weighted by Crippen LogP contribution is 2.20. The number of benzene rings is 2. The molecule has 0 spiro atoms. The second-order valence-corrected chi connectivity index (χ2v) is 6.30. The van der Waals surface area contributed by atoms with Gasteiger partial charge in [-0.25, -0.2) is 0 Å². The van der Waals surface area contributed by atoms with Crippen LogP contribution in [0.4, 0.5) is 0 Å². The Kier molecular flexibility index (Phi) is 5.45. The van der Waals surface area contributed by atoms with Gasteiger partial charge in [-0.2, -0.15) is 11.8 Å². The molecule has 0 aliphatic heterocycles. The minimum absolute atomic E-state index is 0.0501. The second-order valence-electron chi connectivity index (χ2n) is 5.32. The highest BCUT2D eigenvalue weighted by molar-refractivity contribution is 7.97. The van der Waals surface area contributed by atoms with E-state index in [1.807, 2.05) is 36.0 Å². The van der Waals surface area contributed by atoms with Gasteiger partial charge in [0.2, 0.25) is 0 Å². The fourth-order valence-corrected chi connectivity index (χ4v) is 3.13. The quantitative estimate of drug-likeness (QED) is 0.827. The van der Waals surface area contributed by atoms with E-state index in [0.717, 1.165) is 17.1 Å². The number of hydrogen-bond donors (Lipinski definition) is 0. The summed E-state index contributed by atoms with van der Waals surface area (Å²) in [5.74, 6) is 2.03. The van der Waals surface area contributed by atoms with Gasteiger partial charge in [0.1, 0.15) is 0 Å². The van der Waals surface area contributed by atoms with Crippen molar-refractivity contribution >= 4 is 17.7 Å². The lowest BCUT2D eigenvalue weighted by Crippen LogP contribution is -2.21. The lowest BCUT2D eigenvalue weighted by atomic mass is 10.1. The predicted octanol–water partition coefficient (Wildman–Crippen LogP) is 4.13. The first kappa shape index (κ1) is 15.6. The number of thioether (sulfide) groups is 1. The Balaban J connectivity index is 1.90. The predicted molar refractivity (Wildman–Crippen MR) is 90.6 cm³/mol. The first-order valence-electron chi connectivity index (χ1n) is 7.01. The molecule has 0 atom stereocenters. The maximum atomic E-state index is 11.8. The van der Waals surface area contributed by atoms with Crippen molar-refractivity contribution < 1.29 is 4.79 Å². The summed E-state index contributed by atoms with van der Waals surface area (Å²) in [7, 11) is 3.54. The molecular formula is C18H21NOS. The van der Waals surface area contributed by atoms with E-state index in [2.05, 4.69) is 31.2 Å². The van der Waals surface area contributed by atoms with Crippen LogP contribution < -0.4 is 0 Å². The molecule has 0 N–H and O–H groups in total. The molecule has 0 saturated carbocycles. The number of carbonyl (C=O) groups is 1. The molecule has 0 heterocycles. The third-order valence-corrected chi connectivity index (χ3v) is 4.45. The first-order chi connectivity index (χ1) is 10.1. The number of rotatable bonds is 5. The van der Waals surface area contributed by atoms with Crippen LogP contribution in [0.1, 0.15) is 27.0 Å². The minimum Gasteiger partial charge on any atom is -0.345 e. The number of carbonyl (C=O) groups excluding carboxylic acids is 1. The topological polar surface area (TPSA) is 20.3 Å². The van der Waals surface area contributed by atoms with E-state index in [1.165, 1.54) is 16.7 Å². The van der Waals surface area contributed by atoms with E-state index in [1.54, 1.807) is 19.0 Å². The monoisotopic (exact) mass is 299 g/mol. The van der Waals surface area contributed by atoms with Gasteiger partial charge in [0.25, 0.3) is 5.91 Å². The van der Waals surface area contributed by atoms with Gasteiger partial charge in [-0.3, -0.25) is 4.79 Å². The second kappa shape index (κ2) is 7.32. The average Bonchev–Trinajstić information content (AvgIpc) is 2.49. The summed E-state index contributed by atoms with van der Waals surface area (Å²) in [5.41, 5.74) is 4.73. The van der Waals surface area contributed by atoms with Gasteiger partial charge < -0.3 is 4.90 Å². The van der Waals surface area contributed by atoms with Crippen molar-refractivity contribution in [1.82, 2.24) is 4.90 Å². The Morgan fingerprint density at radius 1 is 1.00 bits per heavy atom. The Hall–Kier alpha value is -1.74.